The van der Waals surface area contributed by atoms with Gasteiger partial charge in [-0.1, -0.05) is 24.8 Å². The predicted octanol–water partition coefficient (Wildman–Crippen LogP) is 1.83. The Morgan fingerprint density at radius 1 is 1.44 bits per heavy atom. The minimum Gasteiger partial charge on any atom is -0.440 e. The van der Waals surface area contributed by atoms with Gasteiger partial charge < -0.3 is 4.74 Å². The summed E-state index contributed by atoms with van der Waals surface area (Å²) in [4.78, 5) is 24.4. The van der Waals surface area contributed by atoms with Gasteiger partial charge in [0.2, 0.25) is 0 Å². The maximum atomic E-state index is 11.9. The predicted molar refractivity (Wildman–Crippen MR) is 57.9 cm³/mol. The standard InChI is InChI=1S/C12H11NO3/c1-2-10-8-13(12(15)16-10)11(14)9-6-4-3-5-7-9/h2-7,10H,1,8H2/t10-/m1/s1. The molecule has 2 rings (SSSR count). The lowest BCUT2D eigenvalue weighted by Crippen LogP contribution is -2.32. The van der Waals surface area contributed by atoms with E-state index in [1.165, 1.54) is 6.08 Å². The Hall–Kier alpha value is -2.10. The number of hydrogen-bond donors (Lipinski definition) is 0. The third-order valence-electron chi connectivity index (χ3n) is 2.36. The molecule has 0 saturated carbocycles. The van der Waals surface area contributed by atoms with Crippen LogP contribution in [0.25, 0.3) is 0 Å². The summed E-state index contributed by atoms with van der Waals surface area (Å²) < 4.78 is 4.91. The highest BCUT2D eigenvalue weighted by molar-refractivity contribution is 6.03. The van der Waals surface area contributed by atoms with Crippen LogP contribution in [-0.4, -0.2) is 29.5 Å². The van der Waals surface area contributed by atoms with Gasteiger partial charge in [0.1, 0.15) is 6.10 Å². The first-order chi connectivity index (χ1) is 7.72. The monoisotopic (exact) mass is 217 g/mol. The van der Waals surface area contributed by atoms with Crippen molar-refractivity contribution in [3.63, 3.8) is 0 Å². The minimum atomic E-state index is -0.612. The van der Waals surface area contributed by atoms with Crippen LogP contribution in [0.15, 0.2) is 43.0 Å². The molecule has 4 nitrogen and oxygen atoms in total. The minimum absolute atomic E-state index is 0.232. The molecular weight excluding hydrogens is 206 g/mol. The van der Waals surface area contributed by atoms with Crippen LogP contribution in [-0.2, 0) is 4.74 Å². The lowest BCUT2D eigenvalue weighted by Gasteiger charge is -2.10. The van der Waals surface area contributed by atoms with E-state index in [4.69, 9.17) is 4.74 Å². The number of cyclic esters (lactones) is 1. The molecule has 82 valence electrons. The van der Waals surface area contributed by atoms with Gasteiger partial charge in [-0.3, -0.25) is 4.79 Å². The number of carbonyl (C=O) groups excluding carboxylic acids is 2. The fourth-order valence-electron chi connectivity index (χ4n) is 1.51. The van der Waals surface area contributed by atoms with Crippen molar-refractivity contribution in [1.29, 1.82) is 0 Å². The van der Waals surface area contributed by atoms with Crippen molar-refractivity contribution in [3.05, 3.63) is 48.6 Å². The fraction of sp³-hybridized carbons (Fsp3) is 0.167. The number of amides is 2. The van der Waals surface area contributed by atoms with Crippen molar-refractivity contribution in [2.24, 2.45) is 0 Å². The lowest BCUT2D eigenvalue weighted by molar-refractivity contribution is 0.0809. The Morgan fingerprint density at radius 2 is 2.12 bits per heavy atom. The number of ether oxygens (including phenoxy) is 1. The lowest BCUT2D eigenvalue weighted by atomic mass is 10.2. The summed E-state index contributed by atoms with van der Waals surface area (Å²) in [6.45, 7) is 3.76. The highest BCUT2D eigenvalue weighted by Crippen LogP contribution is 2.15. The molecule has 0 N–H and O–H groups in total. The van der Waals surface area contributed by atoms with E-state index in [0.717, 1.165) is 4.90 Å². The quantitative estimate of drug-likeness (QED) is 0.710. The molecule has 1 heterocycles. The number of nitrogens with zero attached hydrogens (tertiary/aromatic N) is 1. The molecule has 1 aromatic rings. The van der Waals surface area contributed by atoms with E-state index in [0.29, 0.717) is 5.56 Å². The maximum absolute atomic E-state index is 11.9. The zero-order valence-electron chi connectivity index (χ0n) is 8.63. The van der Waals surface area contributed by atoms with Crippen molar-refractivity contribution in [1.82, 2.24) is 4.90 Å². The highest BCUT2D eigenvalue weighted by atomic mass is 16.6. The number of imide groups is 1. The van der Waals surface area contributed by atoms with Crippen LogP contribution in [0.1, 0.15) is 10.4 Å². The summed E-state index contributed by atoms with van der Waals surface area (Å²) in [6, 6.07) is 8.64. The molecule has 0 unspecified atom stereocenters. The average Bonchev–Trinajstić information content (AvgIpc) is 2.71. The van der Waals surface area contributed by atoms with Gasteiger partial charge in [0, 0.05) is 5.56 Å². The van der Waals surface area contributed by atoms with Crippen molar-refractivity contribution < 1.29 is 14.3 Å². The van der Waals surface area contributed by atoms with Gasteiger partial charge in [-0.05, 0) is 18.2 Å². The van der Waals surface area contributed by atoms with Crippen LogP contribution in [0.2, 0.25) is 0 Å². The van der Waals surface area contributed by atoms with E-state index in [-0.39, 0.29) is 12.5 Å². The summed E-state index contributed by atoms with van der Waals surface area (Å²) in [5.41, 5.74) is 0.476. The Balaban J connectivity index is 2.18. The summed E-state index contributed by atoms with van der Waals surface area (Å²) in [5, 5.41) is 0. The Morgan fingerprint density at radius 3 is 2.69 bits per heavy atom. The molecule has 16 heavy (non-hydrogen) atoms. The Kier molecular flexibility index (Phi) is 2.72. The topological polar surface area (TPSA) is 46.6 Å². The summed E-state index contributed by atoms with van der Waals surface area (Å²) in [5.74, 6) is -0.338. The molecule has 1 saturated heterocycles. The Bertz CT molecular complexity index is 427. The SMILES string of the molecule is C=C[C@@H]1CN(C(=O)c2ccccc2)C(=O)O1. The van der Waals surface area contributed by atoms with E-state index in [9.17, 15) is 9.59 Å². The van der Waals surface area contributed by atoms with Gasteiger partial charge in [0.15, 0.2) is 0 Å². The van der Waals surface area contributed by atoms with Crippen molar-refractivity contribution in [2.45, 2.75) is 6.10 Å². The van der Waals surface area contributed by atoms with Crippen molar-refractivity contribution in [2.75, 3.05) is 6.54 Å². The van der Waals surface area contributed by atoms with Crippen molar-refractivity contribution >= 4 is 12.0 Å². The van der Waals surface area contributed by atoms with Crippen molar-refractivity contribution in [3.8, 4) is 0 Å². The zero-order chi connectivity index (χ0) is 11.5. The van der Waals surface area contributed by atoms with E-state index < -0.39 is 12.2 Å². The molecule has 1 aliphatic rings. The summed E-state index contributed by atoms with van der Waals surface area (Å²) in [7, 11) is 0. The van der Waals surface area contributed by atoms with Gasteiger partial charge in [-0.15, -0.1) is 0 Å². The molecule has 0 spiro atoms. The van der Waals surface area contributed by atoms with Crippen LogP contribution in [0.3, 0.4) is 0 Å². The molecule has 0 aliphatic carbocycles. The molecule has 4 heteroatoms. The van der Waals surface area contributed by atoms with Gasteiger partial charge in [-0.2, -0.15) is 0 Å². The smallest absolute Gasteiger partial charge is 0.417 e. The third kappa shape index (κ3) is 1.82. The van der Waals surface area contributed by atoms with Crippen LogP contribution in [0.4, 0.5) is 4.79 Å². The van der Waals surface area contributed by atoms with Crippen LogP contribution in [0, 0.1) is 0 Å². The molecule has 1 fully saturated rings. The van der Waals surface area contributed by atoms with Crippen LogP contribution in [0.5, 0.6) is 0 Å². The Labute approximate surface area is 93.1 Å². The van der Waals surface area contributed by atoms with Gasteiger partial charge >= 0.3 is 6.09 Å². The molecule has 0 radical (unpaired) electrons. The molecule has 1 aliphatic heterocycles. The number of carbonyl (C=O) groups is 2. The largest absolute Gasteiger partial charge is 0.440 e. The maximum Gasteiger partial charge on any atom is 0.417 e. The average molecular weight is 217 g/mol. The summed E-state index contributed by atoms with van der Waals surface area (Å²) >= 11 is 0. The first-order valence-corrected chi connectivity index (χ1v) is 4.92. The second kappa shape index (κ2) is 4.18. The molecule has 1 aromatic carbocycles. The highest BCUT2D eigenvalue weighted by Gasteiger charge is 2.34. The normalized spacial score (nSPS) is 19.4. The fourth-order valence-corrected chi connectivity index (χ4v) is 1.51. The molecule has 0 aromatic heterocycles. The van der Waals surface area contributed by atoms with E-state index in [1.54, 1.807) is 24.3 Å². The van der Waals surface area contributed by atoms with Gasteiger partial charge in [0.05, 0.1) is 6.54 Å². The van der Waals surface area contributed by atoms with E-state index >= 15 is 0 Å². The molecule has 2 amide bonds. The second-order valence-corrected chi connectivity index (χ2v) is 3.44. The zero-order valence-corrected chi connectivity index (χ0v) is 8.63. The van der Waals surface area contributed by atoms with Gasteiger partial charge in [-0.25, -0.2) is 9.69 Å². The van der Waals surface area contributed by atoms with E-state index in [2.05, 4.69) is 6.58 Å². The first-order valence-electron chi connectivity index (χ1n) is 4.92. The second-order valence-electron chi connectivity index (χ2n) is 3.44. The van der Waals surface area contributed by atoms with Gasteiger partial charge in [0.25, 0.3) is 5.91 Å². The molecule has 0 bridgehead atoms. The number of benzene rings is 1. The van der Waals surface area contributed by atoms with Crippen LogP contribution < -0.4 is 0 Å². The number of hydrogen-bond acceptors (Lipinski definition) is 3. The first kappa shape index (κ1) is 10.4. The third-order valence-corrected chi connectivity index (χ3v) is 2.36. The molecular formula is C12H11NO3. The number of rotatable bonds is 2. The summed E-state index contributed by atoms with van der Waals surface area (Å²) in [6.07, 6.45) is 0.495. The van der Waals surface area contributed by atoms with Crippen LogP contribution >= 0.6 is 0 Å². The molecule has 1 atom stereocenters. The van der Waals surface area contributed by atoms with E-state index in [1.807, 2.05) is 6.07 Å².